The molecular formula is C14H23N3O. The molecule has 3 fully saturated rings. The highest BCUT2D eigenvalue weighted by atomic mass is 16.2. The van der Waals surface area contributed by atoms with Gasteiger partial charge in [-0.3, -0.25) is 10.7 Å². The fourth-order valence-corrected chi connectivity index (χ4v) is 3.74. The molecule has 1 spiro atoms. The van der Waals surface area contributed by atoms with Crippen LogP contribution in [-0.4, -0.2) is 28.3 Å². The van der Waals surface area contributed by atoms with E-state index in [9.17, 15) is 4.79 Å². The topological polar surface area (TPSA) is 56.2 Å². The van der Waals surface area contributed by atoms with E-state index < -0.39 is 0 Å². The monoisotopic (exact) mass is 249 g/mol. The molecule has 18 heavy (non-hydrogen) atoms. The van der Waals surface area contributed by atoms with E-state index in [0.717, 1.165) is 44.4 Å². The first-order chi connectivity index (χ1) is 8.67. The molecule has 1 heterocycles. The van der Waals surface area contributed by atoms with Crippen LogP contribution in [0.3, 0.4) is 0 Å². The van der Waals surface area contributed by atoms with Gasteiger partial charge in [0.25, 0.3) is 0 Å². The number of amidine groups is 1. The first-order valence-electron chi connectivity index (χ1n) is 7.36. The van der Waals surface area contributed by atoms with Crippen LogP contribution in [0.2, 0.25) is 0 Å². The van der Waals surface area contributed by atoms with E-state index in [4.69, 9.17) is 5.41 Å². The summed E-state index contributed by atoms with van der Waals surface area (Å²) in [5, 5.41) is 11.0. The highest BCUT2D eigenvalue weighted by Crippen LogP contribution is 2.44. The lowest BCUT2D eigenvalue weighted by Gasteiger charge is -2.36. The van der Waals surface area contributed by atoms with Gasteiger partial charge in [0.05, 0.1) is 0 Å². The highest BCUT2D eigenvalue weighted by molar-refractivity contribution is 6.08. The molecule has 3 rings (SSSR count). The average molecular weight is 249 g/mol. The Morgan fingerprint density at radius 1 is 1.33 bits per heavy atom. The number of amides is 2. The number of rotatable bonds is 2. The van der Waals surface area contributed by atoms with Crippen molar-refractivity contribution in [3.8, 4) is 0 Å². The van der Waals surface area contributed by atoms with Crippen molar-refractivity contribution in [2.45, 2.75) is 69.9 Å². The lowest BCUT2D eigenvalue weighted by Crippen LogP contribution is -2.50. The number of carbonyl (C=O) groups is 1. The number of hydrogen-bond acceptors (Lipinski definition) is 2. The molecule has 1 saturated heterocycles. The average Bonchev–Trinajstić information content (AvgIpc) is 3.13. The van der Waals surface area contributed by atoms with Crippen molar-refractivity contribution in [1.29, 1.82) is 5.41 Å². The second kappa shape index (κ2) is 4.25. The number of carbonyl (C=O) groups excluding carboxylic acids is 1. The molecule has 0 aromatic rings. The van der Waals surface area contributed by atoms with Crippen LogP contribution in [-0.2, 0) is 0 Å². The summed E-state index contributed by atoms with van der Waals surface area (Å²) >= 11 is 0. The minimum absolute atomic E-state index is 0.0163. The van der Waals surface area contributed by atoms with E-state index in [1.165, 1.54) is 12.8 Å². The first kappa shape index (κ1) is 12.0. The Labute approximate surface area is 109 Å². The van der Waals surface area contributed by atoms with Gasteiger partial charge >= 0.3 is 6.03 Å². The molecule has 2 atom stereocenters. The van der Waals surface area contributed by atoms with Crippen LogP contribution in [0, 0.1) is 11.3 Å². The molecule has 2 amide bonds. The Morgan fingerprint density at radius 3 is 2.78 bits per heavy atom. The zero-order valence-electron chi connectivity index (χ0n) is 11.2. The third-order valence-electron chi connectivity index (χ3n) is 5.04. The molecular weight excluding hydrogens is 226 g/mol. The number of nitrogens with zero attached hydrogens (tertiary/aromatic N) is 1. The van der Waals surface area contributed by atoms with Gasteiger partial charge in [0.15, 0.2) is 0 Å². The minimum Gasteiger partial charge on any atom is -0.309 e. The van der Waals surface area contributed by atoms with Gasteiger partial charge in [0, 0.05) is 6.04 Å². The molecule has 2 aliphatic carbocycles. The van der Waals surface area contributed by atoms with Gasteiger partial charge in [-0.1, -0.05) is 26.2 Å². The quantitative estimate of drug-likeness (QED) is 0.776. The summed E-state index contributed by atoms with van der Waals surface area (Å²) in [6.07, 6.45) is 9.03. The van der Waals surface area contributed by atoms with Gasteiger partial charge in [-0.15, -0.1) is 0 Å². The minimum atomic E-state index is -0.276. The normalized spacial score (nSPS) is 36.9. The smallest absolute Gasteiger partial charge is 0.309 e. The third-order valence-corrected chi connectivity index (χ3v) is 5.04. The molecule has 4 heteroatoms. The standard InChI is InChI=1S/C14H23N3O/c1-2-10-4-3-8-14(9-7-10)12(15)16-13(18)17(14)11-5-6-11/h10-11H,2-9H2,1H3,(H2,15,16,18). The second-order valence-corrected chi connectivity index (χ2v) is 6.14. The van der Waals surface area contributed by atoms with Crippen molar-refractivity contribution in [2.75, 3.05) is 0 Å². The molecule has 1 aliphatic heterocycles. The Bertz CT molecular complexity index is 377. The fourth-order valence-electron chi connectivity index (χ4n) is 3.74. The maximum Gasteiger partial charge on any atom is 0.323 e. The summed E-state index contributed by atoms with van der Waals surface area (Å²) in [5.74, 6) is 1.25. The van der Waals surface area contributed by atoms with Crippen LogP contribution in [0.5, 0.6) is 0 Å². The van der Waals surface area contributed by atoms with Crippen LogP contribution >= 0.6 is 0 Å². The molecule has 0 aromatic carbocycles. The van der Waals surface area contributed by atoms with Crippen molar-refractivity contribution in [2.24, 2.45) is 5.92 Å². The van der Waals surface area contributed by atoms with Gasteiger partial charge in [0.1, 0.15) is 11.4 Å². The van der Waals surface area contributed by atoms with Crippen molar-refractivity contribution >= 4 is 11.9 Å². The molecule has 0 aromatic heterocycles. The lowest BCUT2D eigenvalue weighted by atomic mass is 9.87. The van der Waals surface area contributed by atoms with Crippen LogP contribution in [0.15, 0.2) is 0 Å². The zero-order chi connectivity index (χ0) is 12.8. The summed E-state index contributed by atoms with van der Waals surface area (Å²) < 4.78 is 0. The Balaban J connectivity index is 1.86. The Hall–Kier alpha value is -1.06. The lowest BCUT2D eigenvalue weighted by molar-refractivity contribution is 0.156. The second-order valence-electron chi connectivity index (χ2n) is 6.14. The van der Waals surface area contributed by atoms with E-state index in [0.29, 0.717) is 11.9 Å². The number of nitrogens with one attached hydrogen (secondary N) is 2. The van der Waals surface area contributed by atoms with Gasteiger partial charge in [-0.05, 0) is 38.0 Å². The Morgan fingerprint density at radius 2 is 2.11 bits per heavy atom. The van der Waals surface area contributed by atoms with E-state index in [1.807, 2.05) is 4.90 Å². The van der Waals surface area contributed by atoms with Crippen LogP contribution in [0.4, 0.5) is 4.79 Å². The van der Waals surface area contributed by atoms with Crippen molar-refractivity contribution in [3.05, 3.63) is 0 Å². The number of urea groups is 1. The summed E-state index contributed by atoms with van der Waals surface area (Å²) in [6, 6.07) is 0.392. The van der Waals surface area contributed by atoms with E-state index in [1.54, 1.807) is 0 Å². The predicted octanol–water partition coefficient (Wildman–Crippen LogP) is 2.88. The predicted molar refractivity (Wildman–Crippen MR) is 70.7 cm³/mol. The van der Waals surface area contributed by atoms with Crippen LogP contribution in [0.1, 0.15) is 58.3 Å². The van der Waals surface area contributed by atoms with Crippen molar-refractivity contribution < 1.29 is 4.79 Å². The molecule has 0 radical (unpaired) electrons. The fraction of sp³-hybridized carbons (Fsp3) is 0.857. The highest BCUT2D eigenvalue weighted by Gasteiger charge is 2.55. The molecule has 2 N–H and O–H groups in total. The molecule has 0 bridgehead atoms. The zero-order valence-corrected chi connectivity index (χ0v) is 11.2. The molecule has 100 valence electrons. The Kier molecular flexibility index (Phi) is 2.83. The SMILES string of the molecule is CCC1CCCC2(CC1)C(=N)NC(=O)N2C1CC1. The third kappa shape index (κ3) is 1.73. The molecule has 3 aliphatic rings. The van der Waals surface area contributed by atoms with E-state index >= 15 is 0 Å². The van der Waals surface area contributed by atoms with Gasteiger partial charge < -0.3 is 4.90 Å². The summed E-state index contributed by atoms with van der Waals surface area (Å²) in [6.45, 7) is 2.25. The molecule has 4 nitrogen and oxygen atoms in total. The van der Waals surface area contributed by atoms with E-state index in [-0.39, 0.29) is 11.6 Å². The van der Waals surface area contributed by atoms with E-state index in [2.05, 4.69) is 12.2 Å². The summed E-state index contributed by atoms with van der Waals surface area (Å²) in [4.78, 5) is 14.1. The maximum atomic E-state index is 12.1. The van der Waals surface area contributed by atoms with Crippen molar-refractivity contribution in [3.63, 3.8) is 0 Å². The summed E-state index contributed by atoms with van der Waals surface area (Å²) in [7, 11) is 0. The number of hydrogen-bond donors (Lipinski definition) is 2. The maximum absolute atomic E-state index is 12.1. The summed E-state index contributed by atoms with van der Waals surface area (Å²) in [5.41, 5.74) is -0.276. The van der Waals surface area contributed by atoms with Crippen molar-refractivity contribution in [1.82, 2.24) is 10.2 Å². The van der Waals surface area contributed by atoms with Gasteiger partial charge in [-0.2, -0.15) is 0 Å². The molecule has 2 unspecified atom stereocenters. The first-order valence-corrected chi connectivity index (χ1v) is 7.36. The van der Waals surface area contributed by atoms with Gasteiger partial charge in [0.2, 0.25) is 0 Å². The largest absolute Gasteiger partial charge is 0.323 e. The molecule has 2 saturated carbocycles. The van der Waals surface area contributed by atoms with Crippen LogP contribution in [0.25, 0.3) is 0 Å². The van der Waals surface area contributed by atoms with Crippen LogP contribution < -0.4 is 5.32 Å². The van der Waals surface area contributed by atoms with Gasteiger partial charge in [-0.25, -0.2) is 4.79 Å².